The number of nitrogens with one attached hydrogen (secondary N) is 2. The maximum absolute atomic E-state index is 5.61. The van der Waals surface area contributed by atoms with Crippen molar-refractivity contribution >= 4 is 5.96 Å². The summed E-state index contributed by atoms with van der Waals surface area (Å²) in [5, 5.41) is 6.51. The highest BCUT2D eigenvalue weighted by Crippen LogP contribution is 2.12. The molecule has 0 aliphatic carbocycles. The van der Waals surface area contributed by atoms with Crippen LogP contribution in [0, 0.1) is 0 Å². The Morgan fingerprint density at radius 1 is 1.26 bits per heavy atom. The van der Waals surface area contributed by atoms with Crippen molar-refractivity contribution in [3.63, 3.8) is 0 Å². The van der Waals surface area contributed by atoms with Crippen LogP contribution in [0.4, 0.5) is 0 Å². The van der Waals surface area contributed by atoms with Crippen LogP contribution in [-0.2, 0) is 17.8 Å². The second kappa shape index (κ2) is 9.53. The second-order valence-electron chi connectivity index (χ2n) is 5.96. The van der Waals surface area contributed by atoms with E-state index in [9.17, 15) is 0 Å². The lowest BCUT2D eigenvalue weighted by Gasteiger charge is -2.31. The first-order chi connectivity index (χ1) is 11.2. The minimum absolute atomic E-state index is 0.333. The first kappa shape index (κ1) is 17.8. The third-order valence-corrected chi connectivity index (χ3v) is 3.83. The molecule has 2 N–H and O–H groups in total. The van der Waals surface area contributed by atoms with Gasteiger partial charge in [0, 0.05) is 32.7 Å². The summed E-state index contributed by atoms with van der Waals surface area (Å²) < 4.78 is 5.61. The van der Waals surface area contributed by atoms with Gasteiger partial charge in [0.15, 0.2) is 5.96 Å². The zero-order valence-corrected chi connectivity index (χ0v) is 14.6. The Labute approximate surface area is 140 Å². The van der Waals surface area contributed by atoms with Gasteiger partial charge < -0.3 is 15.4 Å². The van der Waals surface area contributed by atoms with Crippen LogP contribution in [0.25, 0.3) is 0 Å². The highest BCUT2D eigenvalue weighted by Gasteiger charge is 2.16. The van der Waals surface area contributed by atoms with E-state index >= 15 is 0 Å². The normalized spacial score (nSPS) is 18.5. The third kappa shape index (κ3) is 6.20. The number of nitrogens with zero attached hydrogens (tertiary/aromatic N) is 2. The standard InChI is InChI=1S/C18H30N4O/c1-4-19-18(20-5-2)21-12-16-7-6-8-17(11-16)14-22-9-10-23-15(3)13-22/h6-8,11,15H,4-5,9-10,12-14H2,1-3H3,(H2,19,20,21). The smallest absolute Gasteiger partial charge is 0.191 e. The molecule has 23 heavy (non-hydrogen) atoms. The van der Waals surface area contributed by atoms with Gasteiger partial charge in [0.25, 0.3) is 0 Å². The lowest BCUT2D eigenvalue weighted by molar-refractivity contribution is -0.0212. The third-order valence-electron chi connectivity index (χ3n) is 3.83. The highest BCUT2D eigenvalue weighted by molar-refractivity contribution is 5.79. The van der Waals surface area contributed by atoms with Crippen molar-refractivity contribution < 1.29 is 4.74 Å². The van der Waals surface area contributed by atoms with Crippen LogP contribution < -0.4 is 10.6 Å². The maximum atomic E-state index is 5.61. The zero-order chi connectivity index (χ0) is 16.5. The average Bonchev–Trinajstić information content (AvgIpc) is 2.53. The Morgan fingerprint density at radius 3 is 2.70 bits per heavy atom. The highest BCUT2D eigenvalue weighted by atomic mass is 16.5. The number of benzene rings is 1. The molecule has 1 atom stereocenters. The minimum Gasteiger partial charge on any atom is -0.376 e. The number of ether oxygens (including phenoxy) is 1. The van der Waals surface area contributed by atoms with Gasteiger partial charge >= 0.3 is 0 Å². The summed E-state index contributed by atoms with van der Waals surface area (Å²) in [6, 6.07) is 8.73. The van der Waals surface area contributed by atoms with Gasteiger partial charge in [-0.3, -0.25) is 4.90 Å². The first-order valence-corrected chi connectivity index (χ1v) is 8.65. The SMILES string of the molecule is CCNC(=NCc1cccc(CN2CCOC(C)C2)c1)NCC. The number of rotatable bonds is 6. The second-order valence-corrected chi connectivity index (χ2v) is 5.96. The fourth-order valence-corrected chi connectivity index (χ4v) is 2.80. The Kier molecular flexibility index (Phi) is 7.36. The van der Waals surface area contributed by atoms with Crippen LogP contribution >= 0.6 is 0 Å². The van der Waals surface area contributed by atoms with Crippen LogP contribution in [0.15, 0.2) is 29.3 Å². The van der Waals surface area contributed by atoms with Crippen molar-refractivity contribution in [1.29, 1.82) is 0 Å². The predicted molar refractivity (Wildman–Crippen MR) is 95.6 cm³/mol. The van der Waals surface area contributed by atoms with Crippen LogP contribution in [-0.4, -0.2) is 49.7 Å². The molecule has 128 valence electrons. The Bertz CT molecular complexity index is 496. The van der Waals surface area contributed by atoms with E-state index in [4.69, 9.17) is 4.74 Å². The quantitative estimate of drug-likeness (QED) is 0.622. The van der Waals surface area contributed by atoms with Crippen molar-refractivity contribution in [1.82, 2.24) is 15.5 Å². The van der Waals surface area contributed by atoms with Gasteiger partial charge in [-0.25, -0.2) is 4.99 Å². The summed E-state index contributed by atoms with van der Waals surface area (Å²) in [4.78, 5) is 7.09. The molecule has 1 aromatic carbocycles. The topological polar surface area (TPSA) is 48.9 Å². The molecule has 1 heterocycles. The van der Waals surface area contributed by atoms with E-state index in [1.807, 2.05) is 0 Å². The van der Waals surface area contributed by atoms with E-state index in [0.29, 0.717) is 12.6 Å². The zero-order valence-electron chi connectivity index (χ0n) is 14.6. The Balaban J connectivity index is 1.94. The molecule has 5 heteroatoms. The summed E-state index contributed by atoms with van der Waals surface area (Å²) in [6.07, 6.45) is 0.333. The number of hydrogen-bond acceptors (Lipinski definition) is 3. The molecule has 0 radical (unpaired) electrons. The monoisotopic (exact) mass is 318 g/mol. The molecule has 0 bridgehead atoms. The maximum Gasteiger partial charge on any atom is 0.191 e. The van der Waals surface area contributed by atoms with Gasteiger partial charge in [-0.15, -0.1) is 0 Å². The molecule has 2 rings (SSSR count). The Hall–Kier alpha value is -1.59. The van der Waals surface area contributed by atoms with Gasteiger partial charge in [0.2, 0.25) is 0 Å². The Morgan fingerprint density at radius 2 is 2.00 bits per heavy atom. The molecule has 1 saturated heterocycles. The molecule has 0 aromatic heterocycles. The van der Waals surface area contributed by atoms with Gasteiger partial charge in [0.05, 0.1) is 19.3 Å². The summed E-state index contributed by atoms with van der Waals surface area (Å²) >= 11 is 0. The fourth-order valence-electron chi connectivity index (χ4n) is 2.80. The predicted octanol–water partition coefficient (Wildman–Crippen LogP) is 1.98. The molecule has 1 unspecified atom stereocenters. The number of guanidine groups is 1. The van der Waals surface area contributed by atoms with Gasteiger partial charge in [0.1, 0.15) is 0 Å². The summed E-state index contributed by atoms with van der Waals surface area (Å²) in [5.41, 5.74) is 2.59. The molecule has 0 saturated carbocycles. The van der Waals surface area contributed by atoms with Crippen LogP contribution in [0.3, 0.4) is 0 Å². The van der Waals surface area contributed by atoms with Crippen LogP contribution in [0.1, 0.15) is 31.9 Å². The molecule has 1 aromatic rings. The largest absolute Gasteiger partial charge is 0.376 e. The lowest BCUT2D eigenvalue weighted by Crippen LogP contribution is -2.40. The van der Waals surface area contributed by atoms with Crippen molar-refractivity contribution in [3.8, 4) is 0 Å². The van der Waals surface area contributed by atoms with Crippen molar-refractivity contribution in [3.05, 3.63) is 35.4 Å². The van der Waals surface area contributed by atoms with E-state index in [0.717, 1.165) is 45.3 Å². The number of aliphatic imine (C=N–C) groups is 1. The first-order valence-electron chi connectivity index (χ1n) is 8.65. The lowest BCUT2D eigenvalue weighted by atomic mass is 10.1. The molecule has 0 amide bonds. The van der Waals surface area contributed by atoms with Gasteiger partial charge in [-0.05, 0) is 31.9 Å². The van der Waals surface area contributed by atoms with Crippen molar-refractivity contribution in [2.75, 3.05) is 32.8 Å². The van der Waals surface area contributed by atoms with E-state index in [1.165, 1.54) is 11.1 Å². The van der Waals surface area contributed by atoms with Crippen molar-refractivity contribution in [2.45, 2.75) is 40.0 Å². The number of hydrogen-bond donors (Lipinski definition) is 2. The molecule has 1 aliphatic rings. The van der Waals surface area contributed by atoms with E-state index in [2.05, 4.69) is 65.6 Å². The van der Waals surface area contributed by atoms with E-state index < -0.39 is 0 Å². The van der Waals surface area contributed by atoms with Gasteiger partial charge in [-0.1, -0.05) is 24.3 Å². The average molecular weight is 318 g/mol. The number of morpholine rings is 1. The molecule has 1 fully saturated rings. The van der Waals surface area contributed by atoms with Crippen LogP contribution in [0.5, 0.6) is 0 Å². The molecular weight excluding hydrogens is 288 g/mol. The van der Waals surface area contributed by atoms with Gasteiger partial charge in [-0.2, -0.15) is 0 Å². The fraction of sp³-hybridized carbons (Fsp3) is 0.611. The van der Waals surface area contributed by atoms with Crippen molar-refractivity contribution in [2.24, 2.45) is 4.99 Å². The molecular formula is C18H30N4O. The van der Waals surface area contributed by atoms with E-state index in [-0.39, 0.29) is 0 Å². The minimum atomic E-state index is 0.333. The summed E-state index contributed by atoms with van der Waals surface area (Å²) in [7, 11) is 0. The van der Waals surface area contributed by atoms with E-state index in [1.54, 1.807) is 0 Å². The molecule has 0 spiro atoms. The molecule has 1 aliphatic heterocycles. The molecule has 5 nitrogen and oxygen atoms in total. The van der Waals surface area contributed by atoms with Crippen LogP contribution in [0.2, 0.25) is 0 Å². The summed E-state index contributed by atoms with van der Waals surface area (Å²) in [5.74, 6) is 0.877. The summed E-state index contributed by atoms with van der Waals surface area (Å²) in [6.45, 7) is 12.6.